The molecular formula is C68H74BN3. The zero-order valence-electron chi connectivity index (χ0n) is 45.3. The SMILES string of the molecule is Cc1cc2c3c(c1)N(c1ccc(C(C)(C)C)cc1-c1ccccc1)c1cc(N4c5ccccc5C(C)(C)C5(C)CCCCC45C)ccc1B3c1cc3c(cc1N2c1ccc2c(c1)CC(C)(C)C2)CC(C)(C)C3. The fourth-order valence-corrected chi connectivity index (χ4v) is 15.6. The van der Waals surface area contributed by atoms with Crippen LogP contribution in [0.15, 0.2) is 133 Å². The normalized spacial score (nSPS) is 22.6. The van der Waals surface area contributed by atoms with Gasteiger partial charge in [0.2, 0.25) is 0 Å². The Morgan fingerprint density at radius 1 is 0.486 bits per heavy atom. The van der Waals surface area contributed by atoms with Gasteiger partial charge in [-0.15, -0.1) is 0 Å². The third-order valence-corrected chi connectivity index (χ3v) is 19.6. The minimum Gasteiger partial charge on any atom is -0.335 e. The molecule has 3 nitrogen and oxygen atoms in total. The third-order valence-electron chi connectivity index (χ3n) is 19.6. The van der Waals surface area contributed by atoms with Crippen LogP contribution in [-0.2, 0) is 36.5 Å². The first-order chi connectivity index (χ1) is 34.2. The quantitative estimate of drug-likeness (QED) is 0.163. The van der Waals surface area contributed by atoms with Crippen molar-refractivity contribution < 1.29 is 0 Å². The molecule has 72 heavy (non-hydrogen) atoms. The van der Waals surface area contributed by atoms with Gasteiger partial charge in [-0.05, 0) is 196 Å². The average molecular weight is 944 g/mol. The van der Waals surface area contributed by atoms with Crippen LogP contribution in [0.4, 0.5) is 45.5 Å². The Bertz CT molecular complexity index is 3410. The van der Waals surface area contributed by atoms with Crippen LogP contribution in [-0.4, -0.2) is 12.3 Å². The van der Waals surface area contributed by atoms with Crippen LogP contribution in [0.5, 0.6) is 0 Å². The summed E-state index contributed by atoms with van der Waals surface area (Å²) < 4.78 is 0. The molecule has 0 radical (unpaired) electrons. The summed E-state index contributed by atoms with van der Waals surface area (Å²) in [6.07, 6.45) is 9.34. The van der Waals surface area contributed by atoms with Gasteiger partial charge in [0.05, 0.1) is 5.69 Å². The van der Waals surface area contributed by atoms with Gasteiger partial charge in [-0.3, -0.25) is 0 Å². The van der Waals surface area contributed by atoms with Crippen LogP contribution >= 0.6 is 0 Å². The van der Waals surface area contributed by atoms with E-state index in [-0.39, 0.29) is 39.3 Å². The highest BCUT2D eigenvalue weighted by atomic mass is 15.3. The number of aryl methyl sites for hydroxylation is 1. The Kier molecular flexibility index (Phi) is 9.73. The van der Waals surface area contributed by atoms with Crippen molar-refractivity contribution in [3.63, 3.8) is 0 Å². The summed E-state index contributed by atoms with van der Waals surface area (Å²) in [6, 6.07) is 53.5. The number of hydrogen-bond acceptors (Lipinski definition) is 3. The van der Waals surface area contributed by atoms with E-state index in [1.54, 1.807) is 0 Å². The molecule has 3 aliphatic carbocycles. The fraction of sp³-hybridized carbons (Fsp3) is 0.382. The highest BCUT2D eigenvalue weighted by Gasteiger charge is 2.62. The predicted octanol–water partition coefficient (Wildman–Crippen LogP) is 16.1. The van der Waals surface area contributed by atoms with Crippen LogP contribution in [0.25, 0.3) is 11.1 Å². The molecule has 364 valence electrons. The molecule has 1 fully saturated rings. The Labute approximate surface area is 431 Å². The molecule has 7 aromatic rings. The van der Waals surface area contributed by atoms with E-state index >= 15 is 0 Å². The standard InChI is InChI=1S/C68H74BN3/c1-43-32-60-62-61(33-43)71(56-29-25-49(63(2,3)4)37-52(56)44-20-14-13-15-21-44)59-38-51(72-57-23-17-16-22-53(57)66(9,10)67(11)30-18-19-31-68(67,72)12)27-28-54(59)69(62)55-35-47-41-65(7,8)42-48(47)36-58(55)70(60)50-26-24-45-39-64(5,6)40-46(45)34-50/h13-17,20-29,32-38H,18-19,30-31,39-42H2,1-12H3. The molecule has 7 aromatic carbocycles. The molecule has 1 saturated carbocycles. The van der Waals surface area contributed by atoms with Gasteiger partial charge in [0.25, 0.3) is 6.71 Å². The topological polar surface area (TPSA) is 9.72 Å². The van der Waals surface area contributed by atoms with E-state index in [2.05, 4.69) is 231 Å². The van der Waals surface area contributed by atoms with Gasteiger partial charge in [-0.2, -0.15) is 0 Å². The summed E-state index contributed by atoms with van der Waals surface area (Å²) in [5, 5.41) is 0. The van der Waals surface area contributed by atoms with E-state index in [9.17, 15) is 0 Å². The maximum Gasteiger partial charge on any atom is 0.252 e. The Balaban J connectivity index is 1.12. The van der Waals surface area contributed by atoms with Gasteiger partial charge < -0.3 is 14.7 Å². The van der Waals surface area contributed by atoms with Gasteiger partial charge in [-0.25, -0.2) is 0 Å². The third kappa shape index (κ3) is 6.55. The number of anilines is 8. The summed E-state index contributed by atoms with van der Waals surface area (Å²) in [5.41, 5.74) is 27.6. The summed E-state index contributed by atoms with van der Waals surface area (Å²) in [7, 11) is 0. The van der Waals surface area contributed by atoms with Crippen LogP contribution in [0.1, 0.15) is 141 Å². The Hall–Kier alpha value is -6.00. The highest BCUT2D eigenvalue weighted by molar-refractivity contribution is 7.00. The van der Waals surface area contributed by atoms with Gasteiger partial charge >= 0.3 is 0 Å². The number of rotatable bonds is 4. The van der Waals surface area contributed by atoms with Crippen molar-refractivity contribution in [2.24, 2.45) is 16.2 Å². The zero-order chi connectivity index (χ0) is 50.1. The zero-order valence-corrected chi connectivity index (χ0v) is 45.3. The molecule has 2 unspecified atom stereocenters. The number of hydrogen-bond donors (Lipinski definition) is 0. The maximum atomic E-state index is 2.82. The van der Waals surface area contributed by atoms with E-state index in [4.69, 9.17) is 0 Å². The van der Waals surface area contributed by atoms with Gasteiger partial charge in [0.1, 0.15) is 0 Å². The van der Waals surface area contributed by atoms with E-state index in [1.165, 1.54) is 131 Å². The van der Waals surface area contributed by atoms with Crippen LogP contribution in [0.3, 0.4) is 0 Å². The lowest BCUT2D eigenvalue weighted by molar-refractivity contribution is 0.0106. The Morgan fingerprint density at radius 3 is 1.85 bits per heavy atom. The molecule has 2 atom stereocenters. The maximum absolute atomic E-state index is 2.82. The monoisotopic (exact) mass is 944 g/mol. The summed E-state index contributed by atoms with van der Waals surface area (Å²) in [4.78, 5) is 8.22. The molecule has 3 aliphatic heterocycles. The lowest BCUT2D eigenvalue weighted by atomic mass is 9.33. The van der Waals surface area contributed by atoms with Crippen molar-refractivity contribution in [1.29, 1.82) is 0 Å². The second-order valence-corrected chi connectivity index (χ2v) is 26.9. The molecular weight excluding hydrogens is 870 g/mol. The number of fused-ring (bicyclic) bond motifs is 8. The second kappa shape index (κ2) is 15.3. The molecule has 0 aromatic heterocycles. The minimum absolute atomic E-state index is 0.00328. The van der Waals surface area contributed by atoms with Crippen molar-refractivity contribution >= 4 is 68.6 Å². The highest BCUT2D eigenvalue weighted by Crippen LogP contribution is 2.65. The summed E-state index contributed by atoms with van der Waals surface area (Å²) in [5.74, 6) is 0. The lowest BCUT2D eigenvalue weighted by Gasteiger charge is -2.66. The van der Waals surface area contributed by atoms with Gasteiger partial charge in [0, 0.05) is 56.3 Å². The molecule has 0 N–H and O–H groups in total. The Morgan fingerprint density at radius 2 is 1.11 bits per heavy atom. The van der Waals surface area contributed by atoms with E-state index in [1.807, 2.05) is 0 Å². The molecule has 0 amide bonds. The first kappa shape index (κ1) is 45.8. The summed E-state index contributed by atoms with van der Waals surface area (Å²) >= 11 is 0. The van der Waals surface area contributed by atoms with Crippen molar-refractivity contribution in [2.45, 2.75) is 151 Å². The molecule has 4 heteroatoms. The predicted molar refractivity (Wildman–Crippen MR) is 308 cm³/mol. The van der Waals surface area contributed by atoms with E-state index in [0.717, 1.165) is 32.1 Å². The number of nitrogens with zero attached hydrogens (tertiary/aromatic N) is 3. The fourth-order valence-electron chi connectivity index (χ4n) is 15.6. The molecule has 0 bridgehead atoms. The first-order valence-electron chi connectivity index (χ1n) is 27.4. The van der Waals surface area contributed by atoms with Crippen LogP contribution in [0, 0.1) is 23.2 Å². The van der Waals surface area contributed by atoms with Crippen molar-refractivity contribution in [1.82, 2.24) is 0 Å². The smallest absolute Gasteiger partial charge is 0.252 e. The van der Waals surface area contributed by atoms with E-state index in [0.29, 0.717) is 0 Å². The summed E-state index contributed by atoms with van der Waals surface area (Å²) in [6.45, 7) is 29.5. The minimum atomic E-state index is -0.0988. The van der Waals surface area contributed by atoms with Crippen molar-refractivity contribution in [3.8, 4) is 11.1 Å². The van der Waals surface area contributed by atoms with E-state index < -0.39 is 0 Å². The van der Waals surface area contributed by atoms with Crippen molar-refractivity contribution in [2.75, 3.05) is 14.7 Å². The average Bonchev–Trinajstić information content (AvgIpc) is 3.82. The molecule has 3 heterocycles. The number of benzene rings is 7. The van der Waals surface area contributed by atoms with Gasteiger partial charge in [-0.1, -0.05) is 155 Å². The molecule has 0 spiro atoms. The molecule has 0 saturated heterocycles. The van der Waals surface area contributed by atoms with Gasteiger partial charge in [0.15, 0.2) is 0 Å². The largest absolute Gasteiger partial charge is 0.335 e. The lowest BCUT2D eigenvalue weighted by Crippen LogP contribution is -2.67. The molecule has 13 rings (SSSR count). The van der Waals surface area contributed by atoms with Crippen LogP contribution in [0.2, 0.25) is 0 Å². The molecule has 6 aliphatic rings. The second-order valence-electron chi connectivity index (χ2n) is 26.9. The van der Waals surface area contributed by atoms with Crippen molar-refractivity contribution in [3.05, 3.63) is 172 Å². The van der Waals surface area contributed by atoms with Crippen LogP contribution < -0.4 is 31.1 Å². The number of para-hydroxylation sites is 1. The first-order valence-corrected chi connectivity index (χ1v) is 27.4.